The molecule has 0 saturated carbocycles. The molecule has 0 aromatic carbocycles. The summed E-state index contributed by atoms with van der Waals surface area (Å²) in [6.07, 6.45) is 1.82. The molecule has 0 aliphatic heterocycles. The average molecular weight is 269 g/mol. The van der Waals surface area contributed by atoms with Crippen molar-refractivity contribution in [3.05, 3.63) is 27.6 Å². The monoisotopic (exact) mass is 269 g/mol. The number of fused-ring (bicyclic) bond motifs is 1. The molecular formula is C8H4IN3. The molecule has 3 nitrogen and oxygen atoms in total. The number of pyridine rings is 1. The molecule has 4 heteroatoms. The number of nitrogens with zero attached hydrogens (tertiary/aromatic N) is 2. The number of rotatable bonds is 0. The lowest BCUT2D eigenvalue weighted by molar-refractivity contribution is 1.27. The quantitative estimate of drug-likeness (QED) is 0.744. The summed E-state index contributed by atoms with van der Waals surface area (Å²) in [5, 5.41) is 9.69. The van der Waals surface area contributed by atoms with Crippen LogP contribution in [0.4, 0.5) is 0 Å². The van der Waals surface area contributed by atoms with Crippen molar-refractivity contribution in [2.75, 3.05) is 0 Å². The Balaban J connectivity index is 2.86. The summed E-state index contributed by atoms with van der Waals surface area (Å²) in [6, 6.07) is 5.74. The number of hydrogen-bond acceptors (Lipinski definition) is 2. The summed E-state index contributed by atoms with van der Waals surface area (Å²) in [5.74, 6) is 0. The van der Waals surface area contributed by atoms with Crippen molar-refractivity contribution >= 4 is 33.6 Å². The third-order valence-electron chi connectivity index (χ3n) is 1.59. The molecule has 0 amide bonds. The van der Waals surface area contributed by atoms with Crippen LogP contribution in [0.5, 0.6) is 0 Å². The molecule has 0 aliphatic rings. The molecule has 0 saturated heterocycles. The number of halogens is 1. The Labute approximate surface area is 82.6 Å². The van der Waals surface area contributed by atoms with E-state index in [2.05, 4.69) is 32.6 Å². The minimum absolute atomic E-state index is 0.453. The first-order valence-corrected chi connectivity index (χ1v) is 4.43. The number of aromatic nitrogens is 2. The maximum Gasteiger partial charge on any atom is 0.144 e. The first kappa shape index (κ1) is 7.55. The highest BCUT2D eigenvalue weighted by molar-refractivity contribution is 14.1. The minimum atomic E-state index is 0.453. The molecule has 2 rings (SSSR count). The molecule has 2 aromatic heterocycles. The number of H-pyrrole nitrogens is 1. The van der Waals surface area contributed by atoms with Crippen LogP contribution in [0.3, 0.4) is 0 Å². The molecule has 0 unspecified atom stereocenters. The van der Waals surface area contributed by atoms with Gasteiger partial charge in [-0.25, -0.2) is 4.98 Å². The summed E-state index contributed by atoms with van der Waals surface area (Å²) < 4.78 is 1.05. The normalized spacial score (nSPS) is 10.0. The number of aromatic amines is 1. The smallest absolute Gasteiger partial charge is 0.144 e. The van der Waals surface area contributed by atoms with Gasteiger partial charge in [-0.2, -0.15) is 5.26 Å². The molecule has 0 spiro atoms. The van der Waals surface area contributed by atoms with Crippen LogP contribution in [0.1, 0.15) is 5.69 Å². The van der Waals surface area contributed by atoms with Gasteiger partial charge in [-0.15, -0.1) is 0 Å². The van der Waals surface area contributed by atoms with Crippen LogP contribution in [0, 0.1) is 14.9 Å². The lowest BCUT2D eigenvalue weighted by atomic mass is 10.3. The zero-order valence-electron chi connectivity index (χ0n) is 6.00. The predicted octanol–water partition coefficient (Wildman–Crippen LogP) is 2.04. The molecule has 0 atom stereocenters. The van der Waals surface area contributed by atoms with Crippen molar-refractivity contribution in [3.8, 4) is 6.07 Å². The topological polar surface area (TPSA) is 52.5 Å². The van der Waals surface area contributed by atoms with Crippen molar-refractivity contribution in [2.45, 2.75) is 0 Å². The maximum absolute atomic E-state index is 8.63. The second-order valence-corrected chi connectivity index (χ2v) is 3.50. The Kier molecular flexibility index (Phi) is 1.73. The van der Waals surface area contributed by atoms with E-state index in [1.807, 2.05) is 18.3 Å². The van der Waals surface area contributed by atoms with Gasteiger partial charge in [0, 0.05) is 15.2 Å². The Bertz CT molecular complexity index is 467. The zero-order valence-corrected chi connectivity index (χ0v) is 8.16. The van der Waals surface area contributed by atoms with Crippen LogP contribution in [0.15, 0.2) is 18.3 Å². The summed E-state index contributed by atoms with van der Waals surface area (Å²) >= 11 is 2.19. The van der Waals surface area contributed by atoms with E-state index in [1.54, 1.807) is 6.07 Å². The fourth-order valence-corrected chi connectivity index (χ4v) is 1.78. The Morgan fingerprint density at radius 2 is 2.42 bits per heavy atom. The van der Waals surface area contributed by atoms with Gasteiger partial charge in [-0.1, -0.05) is 0 Å². The van der Waals surface area contributed by atoms with Gasteiger partial charge >= 0.3 is 0 Å². The summed E-state index contributed by atoms with van der Waals surface area (Å²) in [5.41, 5.74) is 1.23. The largest absolute Gasteiger partial charge is 0.346 e. The van der Waals surface area contributed by atoms with E-state index in [1.165, 1.54) is 0 Å². The van der Waals surface area contributed by atoms with Crippen LogP contribution in [0.2, 0.25) is 0 Å². The molecule has 2 heterocycles. The maximum atomic E-state index is 8.63. The van der Waals surface area contributed by atoms with E-state index in [0.29, 0.717) is 5.69 Å². The molecule has 12 heavy (non-hydrogen) atoms. The Morgan fingerprint density at radius 1 is 1.58 bits per heavy atom. The molecule has 0 aliphatic carbocycles. The molecule has 0 bridgehead atoms. The molecule has 1 N–H and O–H groups in total. The predicted molar refractivity (Wildman–Crippen MR) is 53.5 cm³/mol. The lowest BCUT2D eigenvalue weighted by Crippen LogP contribution is -1.85. The van der Waals surface area contributed by atoms with Crippen molar-refractivity contribution in [3.63, 3.8) is 0 Å². The highest BCUT2D eigenvalue weighted by Crippen LogP contribution is 2.18. The van der Waals surface area contributed by atoms with E-state index in [4.69, 9.17) is 5.26 Å². The van der Waals surface area contributed by atoms with Gasteiger partial charge in [0.25, 0.3) is 0 Å². The second-order valence-electron chi connectivity index (χ2n) is 2.34. The highest BCUT2D eigenvalue weighted by atomic mass is 127. The van der Waals surface area contributed by atoms with Crippen LogP contribution < -0.4 is 0 Å². The minimum Gasteiger partial charge on any atom is -0.346 e. The van der Waals surface area contributed by atoms with Crippen molar-refractivity contribution < 1.29 is 0 Å². The van der Waals surface area contributed by atoms with Gasteiger partial charge in [-0.3, -0.25) is 0 Å². The van der Waals surface area contributed by atoms with E-state index >= 15 is 0 Å². The third kappa shape index (κ3) is 1.06. The van der Waals surface area contributed by atoms with Crippen molar-refractivity contribution in [1.82, 2.24) is 9.97 Å². The number of nitrogens with one attached hydrogen (secondary N) is 1. The summed E-state index contributed by atoms with van der Waals surface area (Å²) in [6.45, 7) is 0. The fourth-order valence-electron chi connectivity index (χ4n) is 1.05. The first-order chi connectivity index (χ1) is 5.81. The Hall–Kier alpha value is -1.09. The SMILES string of the molecule is N#Cc1cc(I)c2cc[nH]c2n1. The molecule has 0 radical (unpaired) electrons. The van der Waals surface area contributed by atoms with E-state index in [9.17, 15) is 0 Å². The van der Waals surface area contributed by atoms with Crippen LogP contribution in [-0.2, 0) is 0 Å². The molecule has 0 fully saturated rings. The summed E-state index contributed by atoms with van der Waals surface area (Å²) in [7, 11) is 0. The van der Waals surface area contributed by atoms with Gasteiger partial charge in [0.05, 0.1) is 0 Å². The molecular weight excluding hydrogens is 265 g/mol. The van der Waals surface area contributed by atoms with E-state index < -0.39 is 0 Å². The van der Waals surface area contributed by atoms with Gasteiger partial charge in [0.1, 0.15) is 17.4 Å². The third-order valence-corrected chi connectivity index (χ3v) is 2.49. The fraction of sp³-hybridized carbons (Fsp3) is 0. The average Bonchev–Trinajstić information content (AvgIpc) is 2.52. The number of hydrogen-bond donors (Lipinski definition) is 1. The van der Waals surface area contributed by atoms with Gasteiger partial charge in [-0.05, 0) is 34.7 Å². The molecule has 2 aromatic rings. The lowest BCUT2D eigenvalue weighted by Gasteiger charge is -1.93. The van der Waals surface area contributed by atoms with Crippen molar-refractivity contribution in [2.24, 2.45) is 0 Å². The first-order valence-electron chi connectivity index (χ1n) is 3.35. The van der Waals surface area contributed by atoms with Crippen LogP contribution >= 0.6 is 22.6 Å². The second kappa shape index (κ2) is 2.75. The van der Waals surface area contributed by atoms with Crippen LogP contribution in [-0.4, -0.2) is 9.97 Å². The highest BCUT2D eigenvalue weighted by Gasteiger charge is 2.02. The van der Waals surface area contributed by atoms with Gasteiger partial charge in [0.15, 0.2) is 0 Å². The van der Waals surface area contributed by atoms with E-state index in [0.717, 1.165) is 14.6 Å². The number of nitriles is 1. The standard InChI is InChI=1S/C8H4IN3/c9-7-3-5(4-10)12-8-6(7)1-2-11-8/h1-3H,(H,11,12). The zero-order chi connectivity index (χ0) is 8.55. The van der Waals surface area contributed by atoms with E-state index in [-0.39, 0.29) is 0 Å². The van der Waals surface area contributed by atoms with Crippen molar-refractivity contribution in [1.29, 1.82) is 5.26 Å². The van der Waals surface area contributed by atoms with Gasteiger partial charge in [0.2, 0.25) is 0 Å². The summed E-state index contributed by atoms with van der Waals surface area (Å²) in [4.78, 5) is 7.06. The Morgan fingerprint density at radius 3 is 3.17 bits per heavy atom. The van der Waals surface area contributed by atoms with Gasteiger partial charge < -0.3 is 4.98 Å². The van der Waals surface area contributed by atoms with Crippen LogP contribution in [0.25, 0.3) is 11.0 Å². The molecule has 58 valence electrons.